The largest absolute Gasteiger partial charge is 0.496 e. The number of nitrogens with zero attached hydrogens (tertiary/aromatic N) is 5. The van der Waals surface area contributed by atoms with Crippen molar-refractivity contribution in [3.8, 4) is 11.4 Å². The molecule has 0 N–H and O–H groups in total. The average Bonchev–Trinajstić information content (AvgIpc) is 3.42. The summed E-state index contributed by atoms with van der Waals surface area (Å²) < 4.78 is 10.5. The molecule has 2 aliphatic rings. The fraction of sp³-hybridized carbons (Fsp3) is 0.440. The molecular weight excluding hydrogens is 418 g/mol. The molecule has 2 fully saturated rings. The topological polar surface area (TPSA) is 38.5 Å². The molecule has 168 valence electrons. The second-order valence-electron chi connectivity index (χ2n) is 8.88. The second-order valence-corrected chi connectivity index (χ2v) is 9.24. The molecule has 2 heterocycles. The van der Waals surface area contributed by atoms with Gasteiger partial charge in [-0.3, -0.25) is 9.47 Å². The molecule has 0 atom stereocenters. The predicted molar refractivity (Wildman–Crippen MR) is 130 cm³/mol. The Kier molecular flexibility index (Phi) is 6.02. The van der Waals surface area contributed by atoms with Crippen molar-refractivity contribution in [2.45, 2.75) is 51.9 Å². The van der Waals surface area contributed by atoms with Gasteiger partial charge in [0.1, 0.15) is 5.75 Å². The van der Waals surface area contributed by atoms with Gasteiger partial charge in [0.15, 0.2) is 0 Å². The van der Waals surface area contributed by atoms with Gasteiger partial charge in [-0.15, -0.1) is 5.10 Å². The Hall–Kier alpha value is -2.64. The van der Waals surface area contributed by atoms with Gasteiger partial charge in [-0.25, -0.2) is 4.68 Å². The smallest absolute Gasteiger partial charge is 0.230 e. The minimum atomic E-state index is 0.571. The van der Waals surface area contributed by atoms with Crippen LogP contribution in [0.15, 0.2) is 48.5 Å². The molecule has 0 unspecified atom stereocenters. The summed E-state index contributed by atoms with van der Waals surface area (Å²) in [5.74, 6) is 1.90. The van der Waals surface area contributed by atoms with E-state index < -0.39 is 0 Å². The summed E-state index contributed by atoms with van der Waals surface area (Å²) >= 11 is 5.99. The van der Waals surface area contributed by atoms with Crippen LogP contribution in [0.2, 0.25) is 0 Å². The van der Waals surface area contributed by atoms with E-state index in [-0.39, 0.29) is 0 Å². The van der Waals surface area contributed by atoms with Crippen molar-refractivity contribution in [2.24, 2.45) is 0 Å². The highest BCUT2D eigenvalue weighted by atomic mass is 32.1. The van der Waals surface area contributed by atoms with Crippen molar-refractivity contribution < 1.29 is 4.74 Å². The highest BCUT2D eigenvalue weighted by molar-refractivity contribution is 7.71. The quantitative estimate of drug-likeness (QED) is 0.455. The number of para-hydroxylation sites is 1. The number of rotatable bonds is 8. The fourth-order valence-electron chi connectivity index (χ4n) is 4.49. The van der Waals surface area contributed by atoms with Crippen LogP contribution < -0.4 is 9.64 Å². The van der Waals surface area contributed by atoms with E-state index in [4.69, 9.17) is 22.1 Å². The monoisotopic (exact) mass is 449 g/mol. The minimum Gasteiger partial charge on any atom is -0.496 e. The molecule has 0 spiro atoms. The van der Waals surface area contributed by atoms with E-state index in [2.05, 4.69) is 57.7 Å². The first-order valence-electron chi connectivity index (χ1n) is 11.5. The van der Waals surface area contributed by atoms with E-state index in [0.29, 0.717) is 12.7 Å². The summed E-state index contributed by atoms with van der Waals surface area (Å²) in [4.78, 5) is 4.85. The highest BCUT2D eigenvalue weighted by Crippen LogP contribution is 2.31. The number of aromatic nitrogens is 3. The van der Waals surface area contributed by atoms with E-state index in [9.17, 15) is 0 Å². The summed E-state index contributed by atoms with van der Waals surface area (Å²) in [6.45, 7) is 5.68. The summed E-state index contributed by atoms with van der Waals surface area (Å²) in [6, 6.07) is 17.4. The van der Waals surface area contributed by atoms with Crippen LogP contribution in [0.5, 0.6) is 5.75 Å². The SMILES string of the molecule is COc1ccccc1CN(Cn1nc(N2CCCC2)n(-c2ccc(C)cc2)c1=S)C1CC1. The second kappa shape index (κ2) is 9.08. The number of benzene rings is 2. The van der Waals surface area contributed by atoms with Crippen molar-refractivity contribution in [1.82, 2.24) is 19.2 Å². The highest BCUT2D eigenvalue weighted by Gasteiger charge is 2.31. The van der Waals surface area contributed by atoms with Gasteiger partial charge in [0.25, 0.3) is 0 Å². The van der Waals surface area contributed by atoms with E-state index >= 15 is 0 Å². The molecule has 0 amide bonds. The van der Waals surface area contributed by atoms with Crippen molar-refractivity contribution in [2.75, 3.05) is 25.1 Å². The number of aryl methyl sites for hydroxylation is 1. The lowest BCUT2D eigenvalue weighted by molar-refractivity contribution is 0.184. The normalized spacial score (nSPS) is 16.2. The number of methoxy groups -OCH3 is 1. The summed E-state index contributed by atoms with van der Waals surface area (Å²) in [7, 11) is 1.74. The molecule has 1 aliphatic heterocycles. The molecule has 1 aromatic heterocycles. The molecule has 0 radical (unpaired) electrons. The van der Waals surface area contributed by atoms with Crippen LogP contribution in [0.3, 0.4) is 0 Å². The molecular formula is C25H31N5OS. The Morgan fingerprint density at radius 1 is 1.06 bits per heavy atom. The first-order chi connectivity index (χ1) is 15.6. The number of hydrogen-bond acceptors (Lipinski definition) is 5. The zero-order valence-electron chi connectivity index (χ0n) is 18.9. The Bertz CT molecular complexity index is 1130. The van der Waals surface area contributed by atoms with E-state index in [1.54, 1.807) is 7.11 Å². The Labute approximate surface area is 195 Å². The maximum absolute atomic E-state index is 5.99. The third-order valence-corrected chi connectivity index (χ3v) is 6.84. The predicted octanol–water partition coefficient (Wildman–Crippen LogP) is 4.94. The van der Waals surface area contributed by atoms with Crippen molar-refractivity contribution in [3.63, 3.8) is 0 Å². The molecule has 5 rings (SSSR count). The number of hydrogen-bond donors (Lipinski definition) is 0. The minimum absolute atomic E-state index is 0.571. The van der Waals surface area contributed by atoms with Gasteiger partial charge in [-0.05, 0) is 63.0 Å². The fourth-order valence-corrected chi connectivity index (χ4v) is 4.77. The molecule has 1 saturated carbocycles. The van der Waals surface area contributed by atoms with Gasteiger partial charge < -0.3 is 9.64 Å². The Balaban J connectivity index is 1.49. The molecule has 7 heteroatoms. The van der Waals surface area contributed by atoms with Crippen LogP contribution in [0.25, 0.3) is 5.69 Å². The molecule has 1 aliphatic carbocycles. The molecule has 3 aromatic rings. The Morgan fingerprint density at radius 3 is 2.47 bits per heavy atom. The van der Waals surface area contributed by atoms with Crippen molar-refractivity contribution >= 4 is 18.2 Å². The zero-order valence-corrected chi connectivity index (χ0v) is 19.7. The van der Waals surface area contributed by atoms with Crippen LogP contribution >= 0.6 is 12.2 Å². The molecule has 2 aromatic carbocycles. The number of ether oxygens (including phenoxy) is 1. The number of anilines is 1. The van der Waals surface area contributed by atoms with E-state index in [1.165, 1.54) is 36.8 Å². The lowest BCUT2D eigenvalue weighted by atomic mass is 10.2. The standard InChI is InChI=1S/C25H31N5OS/c1-19-9-11-22(12-10-19)30-24(27-15-5-6-16-27)26-29(25(30)32)18-28(21-13-14-21)17-20-7-3-4-8-23(20)31-2/h3-4,7-12,21H,5-6,13-18H2,1-2H3. The van der Waals surface area contributed by atoms with E-state index in [0.717, 1.165) is 41.8 Å². The first kappa shape index (κ1) is 21.2. The van der Waals surface area contributed by atoms with Gasteiger partial charge in [-0.2, -0.15) is 0 Å². The summed E-state index contributed by atoms with van der Waals surface area (Å²) in [5, 5.41) is 5.05. The lowest BCUT2D eigenvalue weighted by Crippen LogP contribution is -2.29. The molecule has 6 nitrogen and oxygen atoms in total. The Morgan fingerprint density at radius 2 is 1.78 bits per heavy atom. The van der Waals surface area contributed by atoms with Crippen molar-refractivity contribution in [3.05, 3.63) is 64.4 Å². The lowest BCUT2D eigenvalue weighted by Gasteiger charge is -2.22. The van der Waals surface area contributed by atoms with Gasteiger partial charge in [0.2, 0.25) is 10.7 Å². The summed E-state index contributed by atoms with van der Waals surface area (Å²) in [6.07, 6.45) is 4.85. The van der Waals surface area contributed by atoms with Gasteiger partial charge in [0.05, 0.1) is 19.5 Å². The van der Waals surface area contributed by atoms with Crippen LogP contribution in [-0.4, -0.2) is 45.5 Å². The molecule has 32 heavy (non-hydrogen) atoms. The van der Waals surface area contributed by atoms with Crippen LogP contribution in [0.4, 0.5) is 5.95 Å². The van der Waals surface area contributed by atoms with Gasteiger partial charge >= 0.3 is 0 Å². The summed E-state index contributed by atoms with van der Waals surface area (Å²) in [5.41, 5.74) is 3.52. The van der Waals surface area contributed by atoms with Crippen LogP contribution in [-0.2, 0) is 13.2 Å². The molecule has 1 saturated heterocycles. The first-order valence-corrected chi connectivity index (χ1v) is 11.9. The maximum Gasteiger partial charge on any atom is 0.230 e. The van der Waals surface area contributed by atoms with Gasteiger partial charge in [0, 0.05) is 31.2 Å². The maximum atomic E-state index is 5.99. The van der Waals surface area contributed by atoms with Gasteiger partial charge in [-0.1, -0.05) is 35.9 Å². The third kappa shape index (κ3) is 4.32. The average molecular weight is 450 g/mol. The van der Waals surface area contributed by atoms with E-state index in [1.807, 2.05) is 16.8 Å². The van der Waals surface area contributed by atoms with Crippen LogP contribution in [0.1, 0.15) is 36.8 Å². The molecule has 0 bridgehead atoms. The van der Waals surface area contributed by atoms with Crippen LogP contribution in [0, 0.1) is 11.7 Å². The third-order valence-electron chi connectivity index (χ3n) is 6.45. The van der Waals surface area contributed by atoms with Crippen molar-refractivity contribution in [1.29, 1.82) is 0 Å². The zero-order chi connectivity index (χ0) is 22.1.